The van der Waals surface area contributed by atoms with E-state index in [4.69, 9.17) is 0 Å². The number of rotatable bonds is 2. The predicted molar refractivity (Wildman–Crippen MR) is 71.0 cm³/mol. The van der Waals surface area contributed by atoms with Crippen LogP contribution in [0.3, 0.4) is 0 Å². The van der Waals surface area contributed by atoms with Gasteiger partial charge in [0.2, 0.25) is 0 Å². The molecule has 0 saturated carbocycles. The van der Waals surface area contributed by atoms with E-state index < -0.39 is 0 Å². The summed E-state index contributed by atoms with van der Waals surface area (Å²) in [5, 5.41) is 3.38. The van der Waals surface area contributed by atoms with Gasteiger partial charge in [-0.05, 0) is 37.1 Å². The summed E-state index contributed by atoms with van der Waals surface area (Å²) in [4.78, 5) is 2.45. The highest BCUT2D eigenvalue weighted by molar-refractivity contribution is 5.60. The zero-order valence-electron chi connectivity index (χ0n) is 10.2. The van der Waals surface area contributed by atoms with Crippen LogP contribution in [0.5, 0.6) is 0 Å². The van der Waals surface area contributed by atoms with Crippen molar-refractivity contribution in [1.29, 1.82) is 0 Å². The van der Waals surface area contributed by atoms with E-state index in [0.717, 1.165) is 26.2 Å². The molecule has 1 aliphatic rings. The summed E-state index contributed by atoms with van der Waals surface area (Å²) >= 11 is 0. The van der Waals surface area contributed by atoms with Crippen LogP contribution in [-0.4, -0.2) is 26.2 Å². The largest absolute Gasteiger partial charge is 0.369 e. The number of piperazine rings is 1. The summed E-state index contributed by atoms with van der Waals surface area (Å²) in [5.74, 6) is 0. The molecule has 1 heterocycles. The third-order valence-corrected chi connectivity index (χ3v) is 3.08. The van der Waals surface area contributed by atoms with Gasteiger partial charge in [0.1, 0.15) is 0 Å². The van der Waals surface area contributed by atoms with Crippen LogP contribution in [-0.2, 0) is 0 Å². The van der Waals surface area contributed by atoms with Gasteiger partial charge in [0.15, 0.2) is 0 Å². The molecule has 0 atom stereocenters. The quantitative estimate of drug-likeness (QED) is 0.817. The minimum atomic E-state index is 1.09. The molecular weight excluding hydrogens is 196 g/mol. The molecule has 0 radical (unpaired) electrons. The maximum atomic E-state index is 3.38. The lowest BCUT2D eigenvalue weighted by molar-refractivity contribution is 0.589. The molecule has 86 valence electrons. The van der Waals surface area contributed by atoms with Crippen molar-refractivity contribution in [3.05, 3.63) is 35.4 Å². The van der Waals surface area contributed by atoms with Crippen molar-refractivity contribution in [3.63, 3.8) is 0 Å². The number of hydrogen-bond acceptors (Lipinski definition) is 2. The highest BCUT2D eigenvalue weighted by atomic mass is 15.2. The fourth-order valence-corrected chi connectivity index (χ4v) is 2.15. The number of aryl methyl sites for hydroxylation is 1. The van der Waals surface area contributed by atoms with Gasteiger partial charge in [-0.2, -0.15) is 0 Å². The van der Waals surface area contributed by atoms with E-state index in [1.54, 1.807) is 0 Å². The van der Waals surface area contributed by atoms with Crippen molar-refractivity contribution in [2.24, 2.45) is 0 Å². The fourth-order valence-electron chi connectivity index (χ4n) is 2.15. The molecule has 1 aromatic carbocycles. The summed E-state index contributed by atoms with van der Waals surface area (Å²) in [6.45, 7) is 8.65. The van der Waals surface area contributed by atoms with E-state index in [2.05, 4.69) is 54.4 Å². The zero-order valence-corrected chi connectivity index (χ0v) is 10.2. The van der Waals surface area contributed by atoms with Crippen LogP contribution in [0, 0.1) is 6.92 Å². The molecule has 2 nitrogen and oxygen atoms in total. The van der Waals surface area contributed by atoms with E-state index in [-0.39, 0.29) is 0 Å². The summed E-state index contributed by atoms with van der Waals surface area (Å²) in [6, 6.07) is 6.74. The molecule has 1 fully saturated rings. The number of nitrogens with zero attached hydrogens (tertiary/aromatic N) is 1. The van der Waals surface area contributed by atoms with Gasteiger partial charge < -0.3 is 10.2 Å². The monoisotopic (exact) mass is 216 g/mol. The second kappa shape index (κ2) is 5.17. The topological polar surface area (TPSA) is 15.3 Å². The van der Waals surface area contributed by atoms with E-state index in [9.17, 15) is 0 Å². The molecule has 16 heavy (non-hydrogen) atoms. The average molecular weight is 216 g/mol. The van der Waals surface area contributed by atoms with Crippen molar-refractivity contribution >= 4 is 11.8 Å². The molecule has 1 N–H and O–H groups in total. The number of anilines is 1. The number of allylic oxidation sites excluding steroid dienone is 1. The molecule has 1 aliphatic heterocycles. The average Bonchev–Trinajstić information content (AvgIpc) is 2.33. The Morgan fingerprint density at radius 2 is 2.00 bits per heavy atom. The Balaban J connectivity index is 2.19. The Bertz CT molecular complexity index is 376. The molecule has 0 aliphatic carbocycles. The van der Waals surface area contributed by atoms with Gasteiger partial charge in [-0.15, -0.1) is 0 Å². The standard InChI is InChI=1S/C14H20N2/c1-3-4-13-5-6-14(11-12(13)2)16-9-7-15-8-10-16/h3-6,11,15H,7-10H2,1-2H3/b4-3+. The summed E-state index contributed by atoms with van der Waals surface area (Å²) in [7, 11) is 0. The first-order chi connectivity index (χ1) is 7.81. The van der Waals surface area contributed by atoms with Crippen molar-refractivity contribution in [1.82, 2.24) is 5.32 Å². The second-order valence-electron chi connectivity index (χ2n) is 4.28. The molecule has 0 spiro atoms. The van der Waals surface area contributed by atoms with E-state index in [0.29, 0.717) is 0 Å². The van der Waals surface area contributed by atoms with Crippen molar-refractivity contribution < 1.29 is 0 Å². The highest BCUT2D eigenvalue weighted by Crippen LogP contribution is 2.20. The van der Waals surface area contributed by atoms with Crippen molar-refractivity contribution in [2.75, 3.05) is 31.1 Å². The van der Waals surface area contributed by atoms with Gasteiger partial charge in [-0.1, -0.05) is 18.2 Å². The zero-order chi connectivity index (χ0) is 11.4. The molecule has 1 saturated heterocycles. The molecule has 1 aromatic rings. The van der Waals surface area contributed by atoms with Crippen molar-refractivity contribution in [3.8, 4) is 0 Å². The maximum Gasteiger partial charge on any atom is 0.0370 e. The van der Waals surface area contributed by atoms with Crippen LogP contribution in [0.15, 0.2) is 24.3 Å². The molecule has 0 unspecified atom stereocenters. The lowest BCUT2D eigenvalue weighted by atomic mass is 10.1. The third kappa shape index (κ3) is 2.45. The third-order valence-electron chi connectivity index (χ3n) is 3.08. The van der Waals surface area contributed by atoms with Gasteiger partial charge in [0, 0.05) is 31.9 Å². The lowest BCUT2D eigenvalue weighted by Gasteiger charge is -2.29. The predicted octanol–water partition coefficient (Wildman–Crippen LogP) is 2.44. The first kappa shape index (κ1) is 11.2. The Hall–Kier alpha value is -1.28. The van der Waals surface area contributed by atoms with Crippen LogP contribution >= 0.6 is 0 Å². The molecule has 2 rings (SSSR count). The Morgan fingerprint density at radius 3 is 2.62 bits per heavy atom. The Labute approximate surface area is 98.0 Å². The van der Waals surface area contributed by atoms with Gasteiger partial charge in [-0.3, -0.25) is 0 Å². The minimum Gasteiger partial charge on any atom is -0.369 e. The molecular formula is C14H20N2. The number of nitrogens with one attached hydrogen (secondary N) is 1. The minimum absolute atomic E-state index is 1.09. The normalized spacial score (nSPS) is 17.0. The second-order valence-corrected chi connectivity index (χ2v) is 4.28. The smallest absolute Gasteiger partial charge is 0.0370 e. The van der Waals surface area contributed by atoms with Gasteiger partial charge in [0.25, 0.3) is 0 Å². The van der Waals surface area contributed by atoms with E-state index in [1.807, 2.05) is 0 Å². The van der Waals surface area contributed by atoms with Crippen LogP contribution in [0.1, 0.15) is 18.1 Å². The SMILES string of the molecule is C/C=C/c1ccc(N2CCNCC2)cc1C. The van der Waals surface area contributed by atoms with Gasteiger partial charge >= 0.3 is 0 Å². The maximum absolute atomic E-state index is 3.38. The summed E-state index contributed by atoms with van der Waals surface area (Å²) in [6.07, 6.45) is 4.25. The van der Waals surface area contributed by atoms with E-state index in [1.165, 1.54) is 16.8 Å². The molecule has 0 bridgehead atoms. The Kier molecular flexibility index (Phi) is 3.62. The Morgan fingerprint density at radius 1 is 1.25 bits per heavy atom. The summed E-state index contributed by atoms with van der Waals surface area (Å²) in [5.41, 5.74) is 4.03. The van der Waals surface area contributed by atoms with Gasteiger partial charge in [-0.25, -0.2) is 0 Å². The van der Waals surface area contributed by atoms with Crippen LogP contribution in [0.25, 0.3) is 6.08 Å². The summed E-state index contributed by atoms with van der Waals surface area (Å²) < 4.78 is 0. The van der Waals surface area contributed by atoms with Crippen LogP contribution < -0.4 is 10.2 Å². The molecule has 2 heteroatoms. The number of hydrogen-bond donors (Lipinski definition) is 1. The molecule has 0 amide bonds. The first-order valence-corrected chi connectivity index (χ1v) is 6.00. The van der Waals surface area contributed by atoms with Crippen LogP contribution in [0.2, 0.25) is 0 Å². The molecule has 0 aromatic heterocycles. The fraction of sp³-hybridized carbons (Fsp3) is 0.429. The lowest BCUT2D eigenvalue weighted by Crippen LogP contribution is -2.43. The number of benzene rings is 1. The van der Waals surface area contributed by atoms with Crippen molar-refractivity contribution in [2.45, 2.75) is 13.8 Å². The highest BCUT2D eigenvalue weighted by Gasteiger charge is 2.10. The van der Waals surface area contributed by atoms with E-state index >= 15 is 0 Å². The van der Waals surface area contributed by atoms with Crippen LogP contribution in [0.4, 0.5) is 5.69 Å². The van der Waals surface area contributed by atoms with Gasteiger partial charge in [0.05, 0.1) is 0 Å². The first-order valence-electron chi connectivity index (χ1n) is 6.00.